The summed E-state index contributed by atoms with van der Waals surface area (Å²) in [6.45, 7) is 2.56. The monoisotopic (exact) mass is 532 g/mol. The van der Waals surface area contributed by atoms with Crippen molar-refractivity contribution < 1.29 is 22.3 Å². The molecule has 200 valence electrons. The number of anilines is 1. The highest BCUT2D eigenvalue weighted by molar-refractivity contribution is 7.88. The highest BCUT2D eigenvalue weighted by Gasteiger charge is 2.42. The Labute approximate surface area is 216 Å². The third-order valence-corrected chi connectivity index (χ3v) is 8.81. The molecule has 4 unspecified atom stereocenters. The second kappa shape index (κ2) is 10.5. The van der Waals surface area contributed by atoms with Gasteiger partial charge in [0.15, 0.2) is 0 Å². The molecule has 5 rings (SSSR count). The largest absolute Gasteiger partial charge is 0.496 e. The second-order valence-electron chi connectivity index (χ2n) is 9.76. The van der Waals surface area contributed by atoms with Crippen molar-refractivity contribution in [1.29, 1.82) is 0 Å². The molecule has 3 aliphatic heterocycles. The van der Waals surface area contributed by atoms with Gasteiger partial charge in [0.2, 0.25) is 10.0 Å². The van der Waals surface area contributed by atoms with E-state index in [1.54, 1.807) is 18.2 Å². The molecule has 3 heterocycles. The fourth-order valence-electron chi connectivity index (χ4n) is 5.51. The Kier molecular flexibility index (Phi) is 7.37. The van der Waals surface area contributed by atoms with E-state index in [4.69, 9.17) is 4.74 Å². The van der Waals surface area contributed by atoms with Crippen molar-refractivity contribution in [3.05, 3.63) is 59.4 Å². The number of sulfonamides is 1. The fourth-order valence-corrected chi connectivity index (χ4v) is 6.34. The second-order valence-corrected chi connectivity index (χ2v) is 11.7. The number of halogens is 1. The molecule has 0 bridgehead atoms. The summed E-state index contributed by atoms with van der Waals surface area (Å²) in [6.07, 6.45) is 1.50. The van der Waals surface area contributed by atoms with Gasteiger partial charge in [0.1, 0.15) is 11.6 Å². The summed E-state index contributed by atoms with van der Waals surface area (Å²) in [5, 5.41) is 6.50. The van der Waals surface area contributed by atoms with E-state index in [1.807, 2.05) is 18.2 Å². The number of amides is 1. The molecule has 37 heavy (non-hydrogen) atoms. The number of piperidine rings is 1. The molecular formula is C25H33FN6O4S. The molecule has 10 nitrogen and oxygen atoms in total. The van der Waals surface area contributed by atoms with Gasteiger partial charge >= 0.3 is 0 Å². The standard InChI is InChI=1S/C25H33FN6O4S/c1-36-22-8-4-7-19(26)23(22)20-14-18-21(15-27-20)29-30-24(18)28-25(33)16-5-3-6-17(13-16)31-9-11-32(12-10-31)37(2,34)35/h3-8,13,18,20-21,24,27,29-30H,9-12,14-15H2,1-2H3,(H,28,33). The lowest BCUT2D eigenvalue weighted by molar-refractivity contribution is 0.0913. The van der Waals surface area contributed by atoms with E-state index in [0.29, 0.717) is 56.0 Å². The van der Waals surface area contributed by atoms with Crippen LogP contribution in [0.15, 0.2) is 42.5 Å². The number of rotatable bonds is 6. The number of benzene rings is 2. The van der Waals surface area contributed by atoms with Crippen LogP contribution in [0, 0.1) is 11.7 Å². The van der Waals surface area contributed by atoms with Crippen molar-refractivity contribution in [2.45, 2.75) is 24.7 Å². The van der Waals surface area contributed by atoms with E-state index in [-0.39, 0.29) is 35.9 Å². The Morgan fingerprint density at radius 1 is 1.11 bits per heavy atom. The van der Waals surface area contributed by atoms with E-state index < -0.39 is 10.0 Å². The first-order chi connectivity index (χ1) is 17.7. The number of hydrazine groups is 1. The zero-order valence-electron chi connectivity index (χ0n) is 20.9. The van der Waals surface area contributed by atoms with Crippen LogP contribution in [-0.2, 0) is 10.0 Å². The lowest BCUT2D eigenvalue weighted by Gasteiger charge is -2.35. The van der Waals surface area contributed by atoms with Gasteiger partial charge in [0.05, 0.1) is 19.5 Å². The number of hydrogen-bond donors (Lipinski definition) is 4. The number of methoxy groups -OCH3 is 1. The molecule has 4 atom stereocenters. The van der Waals surface area contributed by atoms with Gasteiger partial charge in [-0.05, 0) is 36.8 Å². The molecule has 0 aromatic heterocycles. The summed E-state index contributed by atoms with van der Waals surface area (Å²) >= 11 is 0. The lowest BCUT2D eigenvalue weighted by Crippen LogP contribution is -2.50. The minimum Gasteiger partial charge on any atom is -0.496 e. The Morgan fingerprint density at radius 2 is 1.86 bits per heavy atom. The molecule has 0 spiro atoms. The first-order valence-electron chi connectivity index (χ1n) is 12.4. The Balaban J connectivity index is 1.25. The smallest absolute Gasteiger partial charge is 0.252 e. The lowest BCUT2D eigenvalue weighted by atomic mass is 9.84. The van der Waals surface area contributed by atoms with Crippen LogP contribution in [0.3, 0.4) is 0 Å². The van der Waals surface area contributed by atoms with Gasteiger partial charge < -0.3 is 20.3 Å². The number of nitrogens with zero attached hydrogens (tertiary/aromatic N) is 2. The third kappa shape index (κ3) is 5.43. The van der Waals surface area contributed by atoms with E-state index >= 15 is 0 Å². The Hall–Kier alpha value is -2.77. The zero-order chi connectivity index (χ0) is 26.2. The van der Waals surface area contributed by atoms with Crippen LogP contribution in [0.2, 0.25) is 0 Å². The van der Waals surface area contributed by atoms with Crippen molar-refractivity contribution in [3.8, 4) is 5.75 Å². The number of carbonyl (C=O) groups excluding carboxylic acids is 1. The summed E-state index contributed by atoms with van der Waals surface area (Å²) in [4.78, 5) is 15.3. The van der Waals surface area contributed by atoms with Crippen LogP contribution in [0.1, 0.15) is 28.4 Å². The minimum atomic E-state index is -3.21. The summed E-state index contributed by atoms with van der Waals surface area (Å²) < 4.78 is 45.2. The molecular weight excluding hydrogens is 499 g/mol. The number of fused-ring (bicyclic) bond motifs is 1. The summed E-state index contributed by atoms with van der Waals surface area (Å²) in [7, 11) is -1.67. The Morgan fingerprint density at radius 3 is 2.59 bits per heavy atom. The number of piperazine rings is 1. The van der Waals surface area contributed by atoms with Gasteiger partial charge in [-0.15, -0.1) is 0 Å². The molecule has 2 aromatic rings. The molecule has 4 N–H and O–H groups in total. The molecule has 0 saturated carbocycles. The summed E-state index contributed by atoms with van der Waals surface area (Å²) in [5.74, 6) is 0.00973. The third-order valence-electron chi connectivity index (χ3n) is 7.51. The first-order valence-corrected chi connectivity index (χ1v) is 14.3. The molecule has 1 amide bonds. The quantitative estimate of drug-likeness (QED) is 0.432. The maximum Gasteiger partial charge on any atom is 0.252 e. The van der Waals surface area contributed by atoms with Crippen molar-refractivity contribution >= 4 is 21.6 Å². The van der Waals surface area contributed by atoms with Gasteiger partial charge in [-0.3, -0.25) is 10.2 Å². The van der Waals surface area contributed by atoms with Gasteiger partial charge in [-0.25, -0.2) is 18.2 Å². The zero-order valence-corrected chi connectivity index (χ0v) is 21.7. The average molecular weight is 533 g/mol. The molecule has 2 aromatic carbocycles. The van der Waals surface area contributed by atoms with E-state index in [9.17, 15) is 17.6 Å². The molecule has 12 heteroatoms. The normalized spacial score (nSPS) is 26.5. The Bertz CT molecular complexity index is 1250. The van der Waals surface area contributed by atoms with Crippen molar-refractivity contribution in [2.24, 2.45) is 5.92 Å². The van der Waals surface area contributed by atoms with Gasteiger partial charge in [0, 0.05) is 67.5 Å². The number of hydrogen-bond acceptors (Lipinski definition) is 8. The fraction of sp³-hybridized carbons (Fsp3) is 0.480. The molecule has 3 fully saturated rings. The van der Waals surface area contributed by atoms with Crippen molar-refractivity contribution in [3.63, 3.8) is 0 Å². The van der Waals surface area contributed by atoms with Crippen molar-refractivity contribution in [2.75, 3.05) is 51.0 Å². The van der Waals surface area contributed by atoms with Crippen LogP contribution in [-0.4, -0.2) is 76.9 Å². The summed E-state index contributed by atoms with van der Waals surface area (Å²) in [5.41, 5.74) is 8.34. The number of ether oxygens (including phenoxy) is 1. The van der Waals surface area contributed by atoms with E-state index in [0.717, 1.165) is 5.69 Å². The maximum absolute atomic E-state index is 14.7. The van der Waals surface area contributed by atoms with E-state index in [1.165, 1.54) is 23.7 Å². The maximum atomic E-state index is 14.7. The van der Waals surface area contributed by atoms with Crippen LogP contribution >= 0.6 is 0 Å². The SMILES string of the molecule is COc1cccc(F)c1C1CC2C(CN1)NNC2NC(=O)c1cccc(N2CCN(S(C)(=O)=O)CC2)c1. The molecule has 3 saturated heterocycles. The number of carbonyl (C=O) groups is 1. The topological polar surface area (TPSA) is 115 Å². The predicted molar refractivity (Wildman–Crippen MR) is 138 cm³/mol. The summed E-state index contributed by atoms with van der Waals surface area (Å²) in [6, 6.07) is 12.0. The molecule has 0 radical (unpaired) electrons. The number of nitrogens with one attached hydrogen (secondary N) is 4. The van der Waals surface area contributed by atoms with Gasteiger partial charge in [-0.2, -0.15) is 4.31 Å². The predicted octanol–water partition coefficient (Wildman–Crippen LogP) is 0.799. The van der Waals surface area contributed by atoms with Gasteiger partial charge in [0.25, 0.3) is 5.91 Å². The minimum absolute atomic E-state index is 0.0340. The first kappa shape index (κ1) is 25.9. The highest BCUT2D eigenvalue weighted by atomic mass is 32.2. The van der Waals surface area contributed by atoms with Crippen LogP contribution in [0.4, 0.5) is 10.1 Å². The van der Waals surface area contributed by atoms with E-state index in [2.05, 4.69) is 26.4 Å². The molecule has 3 aliphatic rings. The van der Waals surface area contributed by atoms with Crippen LogP contribution in [0.25, 0.3) is 0 Å². The van der Waals surface area contributed by atoms with Crippen molar-refractivity contribution in [1.82, 2.24) is 25.8 Å². The van der Waals surface area contributed by atoms with Gasteiger partial charge in [-0.1, -0.05) is 12.1 Å². The molecule has 0 aliphatic carbocycles. The van der Waals surface area contributed by atoms with Crippen LogP contribution < -0.4 is 31.1 Å². The average Bonchev–Trinajstić information content (AvgIpc) is 3.30. The van der Waals surface area contributed by atoms with Crippen LogP contribution in [0.5, 0.6) is 5.75 Å². The highest BCUT2D eigenvalue weighted by Crippen LogP contribution is 2.36.